The summed E-state index contributed by atoms with van der Waals surface area (Å²) in [6.07, 6.45) is 0. The van der Waals surface area contributed by atoms with E-state index in [0.29, 0.717) is 18.7 Å². The highest BCUT2D eigenvalue weighted by Gasteiger charge is 2.23. The Morgan fingerprint density at radius 3 is 2.68 bits per heavy atom. The van der Waals surface area contributed by atoms with Gasteiger partial charge in [0, 0.05) is 18.0 Å². The number of thiophene rings is 1. The number of halogens is 2. The topological polar surface area (TPSA) is 32.3 Å². The molecule has 0 aliphatic heterocycles. The lowest BCUT2D eigenvalue weighted by atomic mass is 10.1. The summed E-state index contributed by atoms with van der Waals surface area (Å²) in [6, 6.07) is 7.52. The molecule has 0 saturated heterocycles. The highest BCUT2D eigenvalue weighted by Crippen LogP contribution is 2.24. The van der Waals surface area contributed by atoms with E-state index in [2.05, 4.69) is 5.32 Å². The molecule has 0 aliphatic rings. The van der Waals surface area contributed by atoms with Crippen molar-refractivity contribution in [2.45, 2.75) is 19.1 Å². The zero-order chi connectivity index (χ0) is 13.9. The van der Waals surface area contributed by atoms with Gasteiger partial charge in [0.15, 0.2) is 11.6 Å². The Labute approximate surface area is 114 Å². The zero-order valence-corrected chi connectivity index (χ0v) is 11.3. The van der Waals surface area contributed by atoms with Crippen molar-refractivity contribution >= 4 is 11.3 Å². The van der Waals surface area contributed by atoms with Crippen molar-refractivity contribution in [2.24, 2.45) is 0 Å². The summed E-state index contributed by atoms with van der Waals surface area (Å²) in [5.74, 6) is -1.71. The third-order valence-corrected chi connectivity index (χ3v) is 3.96. The van der Waals surface area contributed by atoms with E-state index in [9.17, 15) is 13.9 Å². The van der Waals surface area contributed by atoms with Crippen molar-refractivity contribution in [3.8, 4) is 0 Å². The molecule has 1 atom stereocenters. The van der Waals surface area contributed by atoms with Crippen LogP contribution in [0.5, 0.6) is 0 Å². The Balaban J connectivity index is 1.91. The summed E-state index contributed by atoms with van der Waals surface area (Å²) < 4.78 is 25.8. The fraction of sp³-hybridized carbons (Fsp3) is 0.286. The fourth-order valence-corrected chi connectivity index (χ4v) is 2.56. The van der Waals surface area contributed by atoms with Gasteiger partial charge in [0.1, 0.15) is 5.60 Å². The number of benzene rings is 1. The van der Waals surface area contributed by atoms with Crippen LogP contribution >= 0.6 is 11.3 Å². The van der Waals surface area contributed by atoms with Gasteiger partial charge < -0.3 is 10.4 Å². The van der Waals surface area contributed by atoms with Crippen molar-refractivity contribution in [1.82, 2.24) is 5.32 Å². The summed E-state index contributed by atoms with van der Waals surface area (Å²) in [5, 5.41) is 15.2. The van der Waals surface area contributed by atoms with E-state index in [1.165, 1.54) is 17.4 Å². The normalized spacial score (nSPS) is 14.3. The third-order valence-electron chi connectivity index (χ3n) is 2.83. The van der Waals surface area contributed by atoms with E-state index in [1.807, 2.05) is 17.5 Å². The molecule has 2 aromatic rings. The van der Waals surface area contributed by atoms with Crippen LogP contribution in [-0.2, 0) is 12.1 Å². The van der Waals surface area contributed by atoms with Gasteiger partial charge in [0.05, 0.1) is 0 Å². The minimum Gasteiger partial charge on any atom is -0.383 e. The van der Waals surface area contributed by atoms with Crippen molar-refractivity contribution in [1.29, 1.82) is 0 Å². The fourth-order valence-electron chi connectivity index (χ4n) is 1.77. The van der Waals surface area contributed by atoms with Crippen LogP contribution in [0.2, 0.25) is 0 Å². The Morgan fingerprint density at radius 1 is 1.26 bits per heavy atom. The summed E-state index contributed by atoms with van der Waals surface area (Å²) in [4.78, 5) is 0.866. The maximum absolute atomic E-state index is 13.0. The number of nitrogens with one attached hydrogen (secondary N) is 1. The van der Waals surface area contributed by atoms with Crippen LogP contribution in [0, 0.1) is 11.6 Å². The van der Waals surface area contributed by atoms with Crippen molar-refractivity contribution in [3.05, 3.63) is 57.8 Å². The van der Waals surface area contributed by atoms with Crippen LogP contribution in [0.25, 0.3) is 0 Å². The van der Waals surface area contributed by atoms with Crippen LogP contribution in [-0.4, -0.2) is 11.7 Å². The molecule has 2 N–H and O–H groups in total. The molecule has 0 radical (unpaired) electrons. The first-order valence-electron chi connectivity index (χ1n) is 5.90. The Morgan fingerprint density at radius 2 is 2.05 bits per heavy atom. The SMILES string of the molecule is CC(O)(CNCc1ccc(F)c(F)c1)c1cccs1. The lowest BCUT2D eigenvalue weighted by Crippen LogP contribution is -2.34. The van der Waals surface area contributed by atoms with Crippen molar-refractivity contribution < 1.29 is 13.9 Å². The molecule has 1 aromatic carbocycles. The Bertz CT molecular complexity index is 540. The van der Waals surface area contributed by atoms with Gasteiger partial charge in [0.25, 0.3) is 0 Å². The molecule has 1 unspecified atom stereocenters. The van der Waals surface area contributed by atoms with Crippen LogP contribution in [0.15, 0.2) is 35.7 Å². The quantitative estimate of drug-likeness (QED) is 0.884. The average molecular weight is 283 g/mol. The first kappa shape index (κ1) is 14.1. The van der Waals surface area contributed by atoms with Crippen molar-refractivity contribution in [3.63, 3.8) is 0 Å². The van der Waals surface area contributed by atoms with Gasteiger partial charge in [-0.05, 0) is 36.1 Å². The maximum atomic E-state index is 13.0. The summed E-state index contributed by atoms with van der Waals surface area (Å²) in [5.41, 5.74) is -0.326. The second-order valence-electron chi connectivity index (χ2n) is 4.60. The monoisotopic (exact) mass is 283 g/mol. The zero-order valence-electron chi connectivity index (χ0n) is 10.5. The summed E-state index contributed by atoms with van der Waals surface area (Å²) >= 11 is 1.48. The molecule has 19 heavy (non-hydrogen) atoms. The first-order chi connectivity index (χ1) is 8.99. The van der Waals surface area contributed by atoms with Gasteiger partial charge in [-0.1, -0.05) is 12.1 Å². The highest BCUT2D eigenvalue weighted by molar-refractivity contribution is 7.10. The number of aliphatic hydroxyl groups is 1. The molecule has 102 valence electrons. The van der Waals surface area contributed by atoms with Gasteiger partial charge in [0.2, 0.25) is 0 Å². The van der Waals surface area contributed by atoms with Gasteiger partial charge in [-0.25, -0.2) is 8.78 Å². The molecule has 2 rings (SSSR count). The number of rotatable bonds is 5. The van der Waals surface area contributed by atoms with E-state index < -0.39 is 17.2 Å². The average Bonchev–Trinajstić information content (AvgIpc) is 2.88. The molecule has 0 aliphatic carbocycles. The van der Waals surface area contributed by atoms with Crippen molar-refractivity contribution in [2.75, 3.05) is 6.54 Å². The predicted molar refractivity (Wildman–Crippen MR) is 72.0 cm³/mol. The van der Waals surface area contributed by atoms with E-state index in [4.69, 9.17) is 0 Å². The smallest absolute Gasteiger partial charge is 0.159 e. The molecule has 0 bridgehead atoms. The molecule has 0 saturated carbocycles. The van der Waals surface area contributed by atoms with Crippen LogP contribution in [0.4, 0.5) is 8.78 Å². The molecular formula is C14H15F2NOS. The minimum atomic E-state index is -0.966. The molecular weight excluding hydrogens is 268 g/mol. The lowest BCUT2D eigenvalue weighted by Gasteiger charge is -2.22. The van der Waals surface area contributed by atoms with Gasteiger partial charge >= 0.3 is 0 Å². The molecule has 1 aromatic heterocycles. The summed E-state index contributed by atoms with van der Waals surface area (Å²) in [6.45, 7) is 2.43. The molecule has 0 fully saturated rings. The van der Waals surface area contributed by atoms with E-state index >= 15 is 0 Å². The summed E-state index contributed by atoms with van der Waals surface area (Å²) in [7, 11) is 0. The largest absolute Gasteiger partial charge is 0.383 e. The van der Waals surface area contributed by atoms with Gasteiger partial charge in [-0.2, -0.15) is 0 Å². The van der Waals surface area contributed by atoms with Gasteiger partial charge in [-0.3, -0.25) is 0 Å². The lowest BCUT2D eigenvalue weighted by molar-refractivity contribution is 0.0604. The Hall–Kier alpha value is -1.30. The van der Waals surface area contributed by atoms with Crippen LogP contribution in [0.3, 0.4) is 0 Å². The number of hydrogen-bond acceptors (Lipinski definition) is 3. The molecule has 0 amide bonds. The maximum Gasteiger partial charge on any atom is 0.159 e. The van der Waals surface area contributed by atoms with E-state index in [0.717, 1.165) is 17.0 Å². The van der Waals surface area contributed by atoms with Crippen LogP contribution in [0.1, 0.15) is 17.4 Å². The molecule has 1 heterocycles. The van der Waals surface area contributed by atoms with E-state index in [1.54, 1.807) is 6.92 Å². The third kappa shape index (κ3) is 3.59. The first-order valence-corrected chi connectivity index (χ1v) is 6.78. The van der Waals surface area contributed by atoms with Crippen LogP contribution < -0.4 is 5.32 Å². The molecule has 2 nitrogen and oxygen atoms in total. The Kier molecular flexibility index (Phi) is 4.29. The van der Waals surface area contributed by atoms with Gasteiger partial charge in [-0.15, -0.1) is 11.3 Å². The minimum absolute atomic E-state index is 0.340. The van der Waals surface area contributed by atoms with E-state index in [-0.39, 0.29) is 0 Å². The number of hydrogen-bond donors (Lipinski definition) is 2. The highest BCUT2D eigenvalue weighted by atomic mass is 32.1. The predicted octanol–water partition coefficient (Wildman–Crippen LogP) is 3.02. The standard InChI is InChI=1S/C14H15F2NOS/c1-14(18,13-3-2-6-19-13)9-17-8-10-4-5-11(15)12(16)7-10/h2-7,17-18H,8-9H2,1H3. The second-order valence-corrected chi connectivity index (χ2v) is 5.55. The molecule has 5 heteroatoms. The second kappa shape index (κ2) is 5.77. The molecule has 0 spiro atoms.